The molecule has 33 heavy (non-hydrogen) atoms. The fourth-order valence-corrected chi connectivity index (χ4v) is 5.39. The van der Waals surface area contributed by atoms with Gasteiger partial charge in [0.15, 0.2) is 0 Å². The van der Waals surface area contributed by atoms with Crippen molar-refractivity contribution < 1.29 is 22.7 Å². The number of piperazine rings is 1. The number of methoxy groups -OCH3 is 1. The lowest BCUT2D eigenvalue weighted by Crippen LogP contribution is -2.52. The number of hydrogen-bond donors (Lipinski definition) is 0. The van der Waals surface area contributed by atoms with E-state index in [1.807, 2.05) is 0 Å². The van der Waals surface area contributed by atoms with Crippen LogP contribution in [0.25, 0.3) is 0 Å². The zero-order valence-corrected chi connectivity index (χ0v) is 20.4. The maximum atomic E-state index is 13.1. The van der Waals surface area contributed by atoms with Gasteiger partial charge in [-0.2, -0.15) is 9.41 Å². The number of rotatable bonds is 5. The number of carbonyl (C=O) groups is 2. The molecule has 0 aliphatic carbocycles. The molecule has 0 spiro atoms. The standard InChI is InChI=1S/C22H23BrN4O5S/c1-32-18-6-8-19(9-7-18)33(30,31)26-14-12-25(13-15-26)22(29)20-10-11-21(28)27(24-20)17-4-2-16(23)3-5-17/h2-9H,10-15H2,1H3. The van der Waals surface area contributed by atoms with Gasteiger partial charge in [0, 0.05) is 43.5 Å². The highest BCUT2D eigenvalue weighted by atomic mass is 79.9. The number of carbonyl (C=O) groups excluding carboxylic acids is 2. The van der Waals surface area contributed by atoms with Crippen molar-refractivity contribution in [3.8, 4) is 5.75 Å². The Hall–Kier alpha value is -2.76. The number of benzene rings is 2. The van der Waals surface area contributed by atoms with Crippen LogP contribution >= 0.6 is 15.9 Å². The molecule has 4 rings (SSSR count). The van der Waals surface area contributed by atoms with E-state index in [0.29, 0.717) is 17.1 Å². The molecule has 11 heteroatoms. The second-order valence-corrected chi connectivity index (χ2v) is 10.5. The molecule has 0 radical (unpaired) electrons. The summed E-state index contributed by atoms with van der Waals surface area (Å²) in [6.45, 7) is 0.865. The van der Waals surface area contributed by atoms with Gasteiger partial charge in [-0.15, -0.1) is 0 Å². The fourth-order valence-electron chi connectivity index (χ4n) is 3.70. The molecule has 0 unspecified atom stereocenters. The van der Waals surface area contributed by atoms with E-state index in [2.05, 4.69) is 21.0 Å². The molecule has 2 aromatic carbocycles. The Morgan fingerprint density at radius 2 is 1.61 bits per heavy atom. The number of ether oxygens (including phenoxy) is 1. The minimum absolute atomic E-state index is 0.177. The molecule has 9 nitrogen and oxygen atoms in total. The third-order valence-electron chi connectivity index (χ3n) is 5.57. The number of hydrogen-bond acceptors (Lipinski definition) is 6. The van der Waals surface area contributed by atoms with E-state index in [-0.39, 0.29) is 55.7 Å². The van der Waals surface area contributed by atoms with E-state index < -0.39 is 10.0 Å². The van der Waals surface area contributed by atoms with Crippen LogP contribution in [-0.2, 0) is 19.6 Å². The number of sulfonamides is 1. The van der Waals surface area contributed by atoms with Gasteiger partial charge in [-0.05, 0) is 48.5 Å². The molecular weight excluding hydrogens is 512 g/mol. The Balaban J connectivity index is 1.43. The molecule has 0 atom stereocenters. The second-order valence-electron chi connectivity index (χ2n) is 7.60. The van der Waals surface area contributed by atoms with Crippen LogP contribution in [0.3, 0.4) is 0 Å². The number of hydrazone groups is 1. The highest BCUT2D eigenvalue weighted by Gasteiger charge is 2.33. The summed E-state index contributed by atoms with van der Waals surface area (Å²) in [6.07, 6.45) is 0.446. The predicted molar refractivity (Wildman–Crippen MR) is 127 cm³/mol. The third-order valence-corrected chi connectivity index (χ3v) is 8.02. The smallest absolute Gasteiger partial charge is 0.270 e. The van der Waals surface area contributed by atoms with Crippen molar-refractivity contribution >= 4 is 49.2 Å². The van der Waals surface area contributed by atoms with Crippen molar-refractivity contribution in [2.75, 3.05) is 38.3 Å². The molecular formula is C22H23BrN4O5S. The summed E-state index contributed by atoms with van der Waals surface area (Å²) in [5.74, 6) is 0.128. The first-order chi connectivity index (χ1) is 15.8. The van der Waals surface area contributed by atoms with Gasteiger partial charge in [0.2, 0.25) is 15.9 Å². The summed E-state index contributed by atoms with van der Waals surface area (Å²) >= 11 is 3.36. The van der Waals surface area contributed by atoms with Crippen molar-refractivity contribution in [3.63, 3.8) is 0 Å². The van der Waals surface area contributed by atoms with Crippen molar-refractivity contribution in [2.24, 2.45) is 5.10 Å². The van der Waals surface area contributed by atoms with Gasteiger partial charge in [0.1, 0.15) is 11.5 Å². The van der Waals surface area contributed by atoms with E-state index in [0.717, 1.165) is 4.47 Å². The quantitative estimate of drug-likeness (QED) is 0.586. The van der Waals surface area contributed by atoms with Crippen LogP contribution in [0.15, 0.2) is 63.0 Å². The molecule has 1 fully saturated rings. The molecule has 2 heterocycles. The van der Waals surface area contributed by atoms with Crippen molar-refractivity contribution in [1.82, 2.24) is 9.21 Å². The van der Waals surface area contributed by atoms with Crippen LogP contribution in [-0.4, -0.2) is 68.4 Å². The number of amides is 2. The summed E-state index contributed by atoms with van der Waals surface area (Å²) in [7, 11) is -2.15. The largest absolute Gasteiger partial charge is 0.497 e. The van der Waals surface area contributed by atoms with Crippen LogP contribution in [0.4, 0.5) is 5.69 Å². The Bertz CT molecular complexity index is 1170. The highest BCUT2D eigenvalue weighted by Crippen LogP contribution is 2.24. The fraction of sp³-hybridized carbons (Fsp3) is 0.318. The van der Waals surface area contributed by atoms with Crippen LogP contribution < -0.4 is 9.75 Å². The van der Waals surface area contributed by atoms with Gasteiger partial charge in [0.25, 0.3) is 5.91 Å². The van der Waals surface area contributed by atoms with Gasteiger partial charge in [0.05, 0.1) is 17.7 Å². The summed E-state index contributed by atoms with van der Waals surface area (Å²) in [6, 6.07) is 13.3. The molecule has 0 N–H and O–H groups in total. The van der Waals surface area contributed by atoms with Crippen molar-refractivity contribution in [3.05, 3.63) is 53.0 Å². The van der Waals surface area contributed by atoms with Crippen LogP contribution in [0.2, 0.25) is 0 Å². The molecule has 2 aromatic rings. The second kappa shape index (κ2) is 9.62. The minimum atomic E-state index is -3.66. The highest BCUT2D eigenvalue weighted by molar-refractivity contribution is 9.10. The maximum Gasteiger partial charge on any atom is 0.270 e. The first-order valence-corrected chi connectivity index (χ1v) is 12.6. The van der Waals surface area contributed by atoms with Gasteiger partial charge < -0.3 is 9.64 Å². The molecule has 0 bridgehead atoms. The van der Waals surface area contributed by atoms with Crippen LogP contribution in [0.5, 0.6) is 5.75 Å². The number of anilines is 1. The predicted octanol–water partition coefficient (Wildman–Crippen LogP) is 2.47. The topological polar surface area (TPSA) is 99.6 Å². The lowest BCUT2D eigenvalue weighted by atomic mass is 10.1. The lowest BCUT2D eigenvalue weighted by molar-refractivity contribution is -0.125. The first kappa shape index (κ1) is 23.4. The lowest BCUT2D eigenvalue weighted by Gasteiger charge is -2.35. The molecule has 2 amide bonds. The zero-order chi connectivity index (χ0) is 23.6. The van der Waals surface area contributed by atoms with E-state index in [1.165, 1.54) is 28.6 Å². The van der Waals surface area contributed by atoms with Crippen molar-refractivity contribution in [2.45, 2.75) is 17.7 Å². The summed E-state index contributed by atoms with van der Waals surface area (Å²) in [4.78, 5) is 27.2. The number of nitrogens with zero attached hydrogens (tertiary/aromatic N) is 4. The van der Waals surface area contributed by atoms with E-state index >= 15 is 0 Å². The maximum absolute atomic E-state index is 13.1. The zero-order valence-electron chi connectivity index (χ0n) is 18.0. The molecule has 1 saturated heterocycles. The van der Waals surface area contributed by atoms with Crippen LogP contribution in [0, 0.1) is 0 Å². The Labute approximate surface area is 200 Å². The summed E-state index contributed by atoms with van der Waals surface area (Å²) < 4.78 is 33.2. The molecule has 2 aliphatic rings. The molecule has 2 aliphatic heterocycles. The SMILES string of the molecule is COc1ccc(S(=O)(=O)N2CCN(C(=O)C3=NN(c4ccc(Br)cc4)C(=O)CC3)CC2)cc1. The monoisotopic (exact) mass is 534 g/mol. The summed E-state index contributed by atoms with van der Waals surface area (Å²) in [5.41, 5.74) is 0.882. The van der Waals surface area contributed by atoms with E-state index in [1.54, 1.807) is 41.3 Å². The molecule has 0 saturated carbocycles. The van der Waals surface area contributed by atoms with Gasteiger partial charge >= 0.3 is 0 Å². The number of halogens is 1. The molecule has 174 valence electrons. The van der Waals surface area contributed by atoms with E-state index in [4.69, 9.17) is 4.74 Å². The third kappa shape index (κ3) is 4.94. The van der Waals surface area contributed by atoms with Gasteiger partial charge in [-0.1, -0.05) is 15.9 Å². The first-order valence-electron chi connectivity index (χ1n) is 10.4. The molecule has 0 aromatic heterocycles. The normalized spacial score (nSPS) is 17.6. The average molecular weight is 535 g/mol. The van der Waals surface area contributed by atoms with Gasteiger partial charge in [-0.3, -0.25) is 9.59 Å². The van der Waals surface area contributed by atoms with Crippen LogP contribution in [0.1, 0.15) is 12.8 Å². The van der Waals surface area contributed by atoms with Crippen molar-refractivity contribution in [1.29, 1.82) is 0 Å². The Kier molecular flexibility index (Phi) is 6.82. The van der Waals surface area contributed by atoms with Gasteiger partial charge in [-0.25, -0.2) is 13.4 Å². The Morgan fingerprint density at radius 3 is 2.21 bits per heavy atom. The minimum Gasteiger partial charge on any atom is -0.497 e. The average Bonchev–Trinajstić information content (AvgIpc) is 2.84. The summed E-state index contributed by atoms with van der Waals surface area (Å²) in [5, 5.41) is 5.58. The van der Waals surface area contributed by atoms with E-state index in [9.17, 15) is 18.0 Å². The Morgan fingerprint density at radius 1 is 0.970 bits per heavy atom.